The molecule has 174 valence electrons. The lowest BCUT2D eigenvalue weighted by atomic mass is 10.0. The van der Waals surface area contributed by atoms with Gasteiger partial charge in [0.25, 0.3) is 5.91 Å². The van der Waals surface area contributed by atoms with Crippen molar-refractivity contribution in [1.29, 1.82) is 0 Å². The first-order chi connectivity index (χ1) is 15.8. The number of ether oxygens (including phenoxy) is 1. The molecule has 1 unspecified atom stereocenters. The van der Waals surface area contributed by atoms with Crippen molar-refractivity contribution in [3.05, 3.63) is 63.9 Å². The number of halogens is 4. The number of morpholine rings is 1. The van der Waals surface area contributed by atoms with E-state index in [1.807, 2.05) is 12.1 Å². The molecule has 3 aromatic rings. The molecule has 2 aromatic heterocycles. The Morgan fingerprint density at radius 1 is 1.24 bits per heavy atom. The first kappa shape index (κ1) is 24.1. The fraction of sp³-hybridized carbons (Fsp3) is 0.333. The van der Waals surface area contributed by atoms with Crippen molar-refractivity contribution in [2.45, 2.75) is 10.9 Å². The summed E-state index contributed by atoms with van der Waals surface area (Å²) < 4.78 is 33.8. The van der Waals surface area contributed by atoms with Crippen molar-refractivity contribution in [2.75, 3.05) is 32.8 Å². The molecule has 0 bridgehead atoms. The van der Waals surface area contributed by atoms with Gasteiger partial charge < -0.3 is 10.1 Å². The number of nitrogens with zero attached hydrogens (tertiary/aromatic N) is 4. The Morgan fingerprint density at radius 2 is 1.91 bits per heavy atom. The van der Waals surface area contributed by atoms with Crippen LogP contribution < -0.4 is 5.32 Å². The van der Waals surface area contributed by atoms with E-state index in [2.05, 4.69) is 41.1 Å². The summed E-state index contributed by atoms with van der Waals surface area (Å²) in [6, 6.07) is 8.78. The maximum atomic E-state index is 14.2. The first-order valence-corrected chi connectivity index (χ1v) is 12.0. The van der Waals surface area contributed by atoms with Gasteiger partial charge in [-0.25, -0.2) is 15.0 Å². The van der Waals surface area contributed by atoms with Crippen LogP contribution in [0.5, 0.6) is 0 Å². The third-order valence-electron chi connectivity index (χ3n) is 5.06. The van der Waals surface area contributed by atoms with E-state index in [-0.39, 0.29) is 28.3 Å². The molecule has 1 fully saturated rings. The molecular weight excluding hydrogens is 540 g/mol. The van der Waals surface area contributed by atoms with Crippen LogP contribution in [-0.4, -0.2) is 58.6 Å². The summed E-state index contributed by atoms with van der Waals surface area (Å²) in [7, 11) is 0. The number of thiazole rings is 1. The number of alkyl halides is 3. The number of amides is 1. The number of aromatic nitrogens is 3. The summed E-state index contributed by atoms with van der Waals surface area (Å²) in [5.74, 6) is -0.470. The average Bonchev–Trinajstić information content (AvgIpc) is 3.28. The molecule has 0 aliphatic carbocycles. The third kappa shape index (κ3) is 5.90. The maximum absolute atomic E-state index is 14.2. The lowest BCUT2D eigenvalue weighted by molar-refractivity contribution is 0.0162. The number of nitrogens with one attached hydrogen (secondary N) is 1. The van der Waals surface area contributed by atoms with Gasteiger partial charge in [0.1, 0.15) is 10.6 Å². The van der Waals surface area contributed by atoms with Gasteiger partial charge >= 0.3 is 4.83 Å². The van der Waals surface area contributed by atoms with Crippen molar-refractivity contribution in [2.24, 2.45) is 0 Å². The van der Waals surface area contributed by atoms with E-state index >= 15 is 0 Å². The second-order valence-electron chi connectivity index (χ2n) is 7.19. The molecule has 33 heavy (non-hydrogen) atoms. The molecule has 1 aliphatic heterocycles. The van der Waals surface area contributed by atoms with Crippen LogP contribution in [0.4, 0.5) is 8.78 Å². The van der Waals surface area contributed by atoms with Crippen LogP contribution in [0.25, 0.3) is 10.8 Å². The molecule has 4 rings (SSSR count). The normalized spacial score (nSPS) is 15.9. The molecule has 1 amide bonds. The van der Waals surface area contributed by atoms with Gasteiger partial charge in [0.15, 0.2) is 10.8 Å². The molecule has 0 spiro atoms. The van der Waals surface area contributed by atoms with Crippen LogP contribution in [0, 0.1) is 0 Å². The van der Waals surface area contributed by atoms with E-state index in [1.165, 1.54) is 12.4 Å². The third-order valence-corrected chi connectivity index (χ3v) is 6.73. The van der Waals surface area contributed by atoms with Crippen molar-refractivity contribution in [3.8, 4) is 10.8 Å². The predicted octanol–water partition coefficient (Wildman–Crippen LogP) is 4.50. The number of hydrogen-bond donors (Lipinski definition) is 1. The smallest absolute Gasteiger partial charge is 0.344 e. The molecule has 0 saturated carbocycles. The van der Waals surface area contributed by atoms with E-state index in [0.717, 1.165) is 16.9 Å². The Hall–Kier alpha value is -2.05. The van der Waals surface area contributed by atoms with Crippen LogP contribution in [0.15, 0.2) is 42.7 Å². The SMILES string of the molecule is O=C(NCC(c1ccc(Cl)cc1)N1CCOCC1)c1sc(-c2ncccn2)nc1C(F)(F)Br. The maximum Gasteiger partial charge on any atom is 0.344 e. The average molecular weight is 559 g/mol. The molecule has 7 nitrogen and oxygen atoms in total. The summed E-state index contributed by atoms with van der Waals surface area (Å²) in [5.41, 5.74) is 0.289. The minimum Gasteiger partial charge on any atom is -0.379 e. The highest BCUT2D eigenvalue weighted by atomic mass is 79.9. The summed E-state index contributed by atoms with van der Waals surface area (Å²) in [5, 5.41) is 3.55. The molecule has 0 radical (unpaired) electrons. The quantitative estimate of drug-likeness (QED) is 0.430. The monoisotopic (exact) mass is 557 g/mol. The van der Waals surface area contributed by atoms with Crippen molar-refractivity contribution in [1.82, 2.24) is 25.2 Å². The largest absolute Gasteiger partial charge is 0.379 e. The minimum atomic E-state index is -3.48. The number of rotatable bonds is 7. The van der Waals surface area contributed by atoms with Gasteiger partial charge in [0.05, 0.1) is 19.3 Å². The van der Waals surface area contributed by atoms with Crippen molar-refractivity contribution < 1.29 is 18.3 Å². The van der Waals surface area contributed by atoms with Crippen LogP contribution in [0.3, 0.4) is 0 Å². The van der Waals surface area contributed by atoms with Gasteiger partial charge in [-0.3, -0.25) is 9.69 Å². The minimum absolute atomic E-state index is 0.136. The van der Waals surface area contributed by atoms with Gasteiger partial charge in [0.2, 0.25) is 0 Å². The van der Waals surface area contributed by atoms with Crippen LogP contribution in [-0.2, 0) is 9.57 Å². The van der Waals surface area contributed by atoms with E-state index in [4.69, 9.17) is 16.3 Å². The summed E-state index contributed by atoms with van der Waals surface area (Å²) in [6.07, 6.45) is 2.96. The van der Waals surface area contributed by atoms with E-state index in [9.17, 15) is 13.6 Å². The molecule has 1 aromatic carbocycles. The molecule has 1 saturated heterocycles. The Balaban J connectivity index is 1.58. The second kappa shape index (κ2) is 10.5. The lowest BCUT2D eigenvalue weighted by Crippen LogP contribution is -2.43. The summed E-state index contributed by atoms with van der Waals surface area (Å²) in [4.78, 5) is 23.6. The number of benzene rings is 1. The van der Waals surface area contributed by atoms with E-state index in [1.54, 1.807) is 18.2 Å². The van der Waals surface area contributed by atoms with Crippen molar-refractivity contribution in [3.63, 3.8) is 0 Å². The number of carbonyl (C=O) groups is 1. The summed E-state index contributed by atoms with van der Waals surface area (Å²) in [6.45, 7) is 2.73. The van der Waals surface area contributed by atoms with Crippen LogP contribution in [0.1, 0.15) is 27.0 Å². The van der Waals surface area contributed by atoms with Gasteiger partial charge in [-0.2, -0.15) is 8.78 Å². The Labute approximate surface area is 206 Å². The zero-order valence-corrected chi connectivity index (χ0v) is 20.3. The lowest BCUT2D eigenvalue weighted by Gasteiger charge is -2.35. The van der Waals surface area contributed by atoms with Gasteiger partial charge in [-0.15, -0.1) is 11.3 Å². The van der Waals surface area contributed by atoms with Gasteiger partial charge in [-0.05, 0) is 39.7 Å². The zero-order valence-electron chi connectivity index (χ0n) is 17.2. The Kier molecular flexibility index (Phi) is 7.65. The van der Waals surface area contributed by atoms with E-state index < -0.39 is 16.4 Å². The molecule has 1 atom stereocenters. The van der Waals surface area contributed by atoms with Gasteiger partial charge in [-0.1, -0.05) is 23.7 Å². The fourth-order valence-electron chi connectivity index (χ4n) is 3.47. The molecule has 1 N–H and O–H groups in total. The highest BCUT2D eigenvalue weighted by Gasteiger charge is 2.37. The fourth-order valence-corrected chi connectivity index (χ4v) is 4.98. The number of hydrogen-bond acceptors (Lipinski definition) is 7. The molecule has 12 heteroatoms. The van der Waals surface area contributed by atoms with Crippen LogP contribution in [0.2, 0.25) is 5.02 Å². The Bertz CT molecular complexity index is 1090. The van der Waals surface area contributed by atoms with Crippen molar-refractivity contribution >= 4 is 44.8 Å². The second-order valence-corrected chi connectivity index (χ2v) is 9.62. The predicted molar refractivity (Wildman–Crippen MR) is 125 cm³/mol. The molecule has 3 heterocycles. The topological polar surface area (TPSA) is 80.2 Å². The Morgan fingerprint density at radius 3 is 2.55 bits per heavy atom. The van der Waals surface area contributed by atoms with Crippen LogP contribution >= 0.6 is 38.9 Å². The number of carbonyl (C=O) groups excluding carboxylic acids is 1. The van der Waals surface area contributed by atoms with Gasteiger partial charge in [0, 0.05) is 37.1 Å². The molecular formula is C21H19BrClF2N5O2S. The first-order valence-electron chi connectivity index (χ1n) is 10.0. The highest BCUT2D eigenvalue weighted by molar-refractivity contribution is 9.09. The summed E-state index contributed by atoms with van der Waals surface area (Å²) >= 11 is 9.18. The standard InChI is InChI=1S/C21H19BrClF2N5O2S/c22-21(24,25)17-16(33-20(29-17)18-26-6-1-7-27-18)19(31)28-12-15(30-8-10-32-11-9-30)13-2-4-14(23)5-3-13/h1-7,15H,8-12H2,(H,28,31). The highest BCUT2D eigenvalue weighted by Crippen LogP contribution is 2.40. The zero-order chi connectivity index (χ0) is 23.4. The van der Waals surface area contributed by atoms with E-state index in [0.29, 0.717) is 31.3 Å². The molecule has 1 aliphatic rings.